The van der Waals surface area contributed by atoms with Gasteiger partial charge >= 0.3 is 0 Å². The highest BCUT2D eigenvalue weighted by Gasteiger charge is 2.15. The van der Waals surface area contributed by atoms with Gasteiger partial charge in [0.1, 0.15) is 17.5 Å². The van der Waals surface area contributed by atoms with Gasteiger partial charge < -0.3 is 4.98 Å². The summed E-state index contributed by atoms with van der Waals surface area (Å²) in [7, 11) is 0. The van der Waals surface area contributed by atoms with Crippen LogP contribution in [0.15, 0.2) is 73.8 Å². The lowest BCUT2D eigenvalue weighted by molar-refractivity contribution is 1.12. The van der Waals surface area contributed by atoms with Crippen molar-refractivity contribution in [1.82, 2.24) is 40.1 Å². The Morgan fingerprint density at radius 2 is 1.67 bits per heavy atom. The first-order valence-electron chi connectivity index (χ1n) is 9.35. The minimum Gasteiger partial charge on any atom is -0.352 e. The highest BCUT2D eigenvalue weighted by atomic mass is 15.1. The largest absolute Gasteiger partial charge is 0.352 e. The molecule has 0 bridgehead atoms. The maximum Gasteiger partial charge on any atom is 0.135 e. The molecule has 6 aromatic heterocycles. The van der Waals surface area contributed by atoms with Crippen LogP contribution in [-0.4, -0.2) is 40.1 Å². The molecule has 0 fully saturated rings. The fourth-order valence-corrected chi connectivity index (χ4v) is 3.61. The SMILES string of the molecule is c1cncc(-c2cncc3[nH]c(-c4n[nH]c5ccc(-c6cncnc6)nc45)cc23)c1. The number of H-pyrrole nitrogens is 2. The third-order valence-corrected chi connectivity index (χ3v) is 5.04. The molecule has 142 valence electrons. The van der Waals surface area contributed by atoms with Gasteiger partial charge in [-0.3, -0.25) is 15.1 Å². The molecule has 0 aliphatic carbocycles. The Morgan fingerprint density at radius 1 is 0.767 bits per heavy atom. The van der Waals surface area contributed by atoms with Crippen molar-refractivity contribution in [3.8, 4) is 33.8 Å². The average Bonchev–Trinajstić information content (AvgIpc) is 3.43. The van der Waals surface area contributed by atoms with Gasteiger partial charge in [-0.05, 0) is 24.3 Å². The molecular weight excluding hydrogens is 376 g/mol. The van der Waals surface area contributed by atoms with E-state index in [0.29, 0.717) is 0 Å². The minimum atomic E-state index is 0.747. The van der Waals surface area contributed by atoms with Crippen LogP contribution in [0.1, 0.15) is 0 Å². The van der Waals surface area contributed by atoms with E-state index < -0.39 is 0 Å². The molecule has 0 radical (unpaired) electrons. The van der Waals surface area contributed by atoms with E-state index in [9.17, 15) is 0 Å². The number of hydrogen-bond donors (Lipinski definition) is 2. The van der Waals surface area contributed by atoms with E-state index in [1.54, 1.807) is 18.6 Å². The molecule has 0 amide bonds. The van der Waals surface area contributed by atoms with Crippen LogP contribution in [0.3, 0.4) is 0 Å². The molecule has 0 saturated heterocycles. The van der Waals surface area contributed by atoms with Gasteiger partial charge in [0.15, 0.2) is 0 Å². The average molecular weight is 390 g/mol. The molecule has 8 nitrogen and oxygen atoms in total. The van der Waals surface area contributed by atoms with Gasteiger partial charge in [0, 0.05) is 53.1 Å². The van der Waals surface area contributed by atoms with Gasteiger partial charge in [-0.25, -0.2) is 15.0 Å². The van der Waals surface area contributed by atoms with E-state index in [0.717, 1.165) is 55.7 Å². The summed E-state index contributed by atoms with van der Waals surface area (Å²) in [6, 6.07) is 9.91. The second kappa shape index (κ2) is 6.56. The van der Waals surface area contributed by atoms with Crippen molar-refractivity contribution >= 4 is 21.9 Å². The zero-order chi connectivity index (χ0) is 19.9. The van der Waals surface area contributed by atoms with Crippen LogP contribution in [-0.2, 0) is 0 Å². The zero-order valence-electron chi connectivity index (χ0n) is 15.6. The summed E-state index contributed by atoms with van der Waals surface area (Å²) >= 11 is 0. The number of nitrogens with one attached hydrogen (secondary N) is 2. The van der Waals surface area contributed by atoms with Crippen molar-refractivity contribution in [2.45, 2.75) is 0 Å². The molecule has 2 N–H and O–H groups in total. The number of fused-ring (bicyclic) bond motifs is 2. The molecule has 0 aromatic carbocycles. The zero-order valence-corrected chi connectivity index (χ0v) is 15.6. The molecule has 30 heavy (non-hydrogen) atoms. The molecule has 8 heteroatoms. The predicted octanol–water partition coefficient (Wildman–Crippen LogP) is 4.02. The molecule has 0 aliphatic rings. The predicted molar refractivity (Wildman–Crippen MR) is 113 cm³/mol. The van der Waals surface area contributed by atoms with E-state index in [4.69, 9.17) is 4.98 Å². The van der Waals surface area contributed by atoms with E-state index >= 15 is 0 Å². The smallest absolute Gasteiger partial charge is 0.135 e. The van der Waals surface area contributed by atoms with Crippen molar-refractivity contribution in [1.29, 1.82) is 0 Å². The van der Waals surface area contributed by atoms with E-state index in [-0.39, 0.29) is 0 Å². The van der Waals surface area contributed by atoms with Crippen LogP contribution in [0.4, 0.5) is 0 Å². The van der Waals surface area contributed by atoms with E-state index in [1.807, 2.05) is 42.9 Å². The van der Waals surface area contributed by atoms with Gasteiger partial charge in [0.25, 0.3) is 0 Å². The van der Waals surface area contributed by atoms with Gasteiger partial charge in [0.2, 0.25) is 0 Å². The molecule has 6 aromatic rings. The van der Waals surface area contributed by atoms with Gasteiger partial charge in [-0.2, -0.15) is 5.10 Å². The highest BCUT2D eigenvalue weighted by molar-refractivity contribution is 5.99. The van der Waals surface area contributed by atoms with Crippen LogP contribution in [0, 0.1) is 0 Å². The van der Waals surface area contributed by atoms with Crippen LogP contribution in [0.5, 0.6) is 0 Å². The highest BCUT2D eigenvalue weighted by Crippen LogP contribution is 2.33. The summed E-state index contributed by atoms with van der Waals surface area (Å²) in [5, 5.41) is 8.63. The Balaban J connectivity index is 1.52. The number of rotatable bonds is 3. The summed E-state index contributed by atoms with van der Waals surface area (Å²) in [4.78, 5) is 25.0. The van der Waals surface area contributed by atoms with Gasteiger partial charge in [-0.1, -0.05) is 6.07 Å². The molecule has 0 spiro atoms. The molecule has 6 heterocycles. The van der Waals surface area contributed by atoms with Crippen molar-refractivity contribution in [2.24, 2.45) is 0 Å². The van der Waals surface area contributed by atoms with Gasteiger partial charge in [-0.15, -0.1) is 0 Å². The van der Waals surface area contributed by atoms with E-state index in [1.165, 1.54) is 6.33 Å². The Hall–Kier alpha value is -4.46. The third-order valence-electron chi connectivity index (χ3n) is 5.04. The topological polar surface area (TPSA) is 109 Å². The Morgan fingerprint density at radius 3 is 2.53 bits per heavy atom. The lowest BCUT2D eigenvalue weighted by Crippen LogP contribution is -1.87. The van der Waals surface area contributed by atoms with Crippen molar-refractivity contribution in [2.75, 3.05) is 0 Å². The summed E-state index contributed by atoms with van der Waals surface area (Å²) in [6.45, 7) is 0. The summed E-state index contributed by atoms with van der Waals surface area (Å²) in [6.07, 6.45) is 12.3. The second-order valence-electron chi connectivity index (χ2n) is 6.87. The van der Waals surface area contributed by atoms with E-state index in [2.05, 4.69) is 41.2 Å². The second-order valence-corrected chi connectivity index (χ2v) is 6.87. The monoisotopic (exact) mass is 390 g/mol. The third kappa shape index (κ3) is 2.62. The van der Waals surface area contributed by atoms with Crippen LogP contribution < -0.4 is 0 Å². The standard InChI is InChI=1S/C22H14N8/c1-2-13(7-23-5-1)16-10-24-11-20-15(16)6-19(27-20)22-21-18(29-30-22)4-3-17(28-21)14-8-25-12-26-9-14/h1-12,27H,(H,29,30). The lowest BCUT2D eigenvalue weighted by atomic mass is 10.1. The maximum absolute atomic E-state index is 4.81. The fourth-order valence-electron chi connectivity index (χ4n) is 3.61. The first-order chi connectivity index (χ1) is 14.9. The minimum absolute atomic E-state index is 0.747. The van der Waals surface area contributed by atoms with Crippen molar-refractivity contribution < 1.29 is 0 Å². The van der Waals surface area contributed by atoms with Crippen LogP contribution >= 0.6 is 0 Å². The first kappa shape index (κ1) is 16.5. The number of aromatic amines is 2. The number of hydrogen-bond acceptors (Lipinski definition) is 6. The normalized spacial score (nSPS) is 11.3. The Labute approximate surface area is 170 Å². The number of aromatic nitrogens is 8. The number of pyridine rings is 3. The molecule has 6 rings (SSSR count). The molecule has 0 saturated carbocycles. The summed E-state index contributed by atoms with van der Waals surface area (Å²) in [5.74, 6) is 0. The fraction of sp³-hybridized carbons (Fsp3) is 0. The van der Waals surface area contributed by atoms with Crippen LogP contribution in [0.25, 0.3) is 55.7 Å². The summed E-state index contributed by atoms with van der Waals surface area (Å²) < 4.78 is 0. The summed E-state index contributed by atoms with van der Waals surface area (Å²) in [5.41, 5.74) is 7.84. The Kier molecular flexibility index (Phi) is 3.60. The van der Waals surface area contributed by atoms with Crippen molar-refractivity contribution in [3.05, 3.63) is 73.8 Å². The van der Waals surface area contributed by atoms with Crippen molar-refractivity contribution in [3.63, 3.8) is 0 Å². The quantitative estimate of drug-likeness (QED) is 0.472. The maximum atomic E-state index is 4.81. The first-order valence-corrected chi connectivity index (χ1v) is 9.35. The number of nitrogens with zero attached hydrogens (tertiary/aromatic N) is 6. The Bertz CT molecular complexity index is 1490. The molecule has 0 atom stereocenters. The molecule has 0 unspecified atom stereocenters. The lowest BCUT2D eigenvalue weighted by Gasteiger charge is -2.01. The van der Waals surface area contributed by atoms with Gasteiger partial charge in [0.05, 0.1) is 28.6 Å². The van der Waals surface area contributed by atoms with Crippen LogP contribution in [0.2, 0.25) is 0 Å². The molecule has 0 aliphatic heterocycles. The molecular formula is C22H14N8.